The Morgan fingerprint density at radius 3 is 2.38 bits per heavy atom. The van der Waals surface area contributed by atoms with Crippen LogP contribution in [0, 0.1) is 0 Å². The number of anilines is 3. The minimum Gasteiger partial charge on any atom is -0.381 e. The predicted octanol–water partition coefficient (Wildman–Crippen LogP) is 3.91. The van der Waals surface area contributed by atoms with E-state index in [-0.39, 0.29) is 0 Å². The van der Waals surface area contributed by atoms with Crippen molar-refractivity contribution in [2.75, 3.05) is 11.1 Å². The number of hydrogen-bond donors (Lipinski definition) is 2. The maximum absolute atomic E-state index is 6.02. The van der Waals surface area contributed by atoms with Gasteiger partial charge in [-0.2, -0.15) is 0 Å². The molecule has 0 amide bonds. The molecular weight excluding hydrogens is 260 g/mol. The third-order valence-corrected chi connectivity index (χ3v) is 3.39. The van der Waals surface area contributed by atoms with Crippen molar-refractivity contribution in [3.8, 4) is 0 Å². The van der Waals surface area contributed by atoms with E-state index in [1.807, 2.05) is 42.5 Å². The van der Waals surface area contributed by atoms with Crippen LogP contribution in [-0.4, -0.2) is 9.97 Å². The van der Waals surface area contributed by atoms with Crippen molar-refractivity contribution in [3.63, 3.8) is 0 Å². The van der Waals surface area contributed by atoms with Crippen molar-refractivity contribution in [1.29, 1.82) is 0 Å². The lowest BCUT2D eigenvalue weighted by Gasteiger charge is -2.12. The fourth-order valence-corrected chi connectivity index (χ4v) is 2.36. The maximum atomic E-state index is 6.02. The van der Waals surface area contributed by atoms with Crippen LogP contribution < -0.4 is 11.1 Å². The van der Waals surface area contributed by atoms with Crippen molar-refractivity contribution >= 4 is 28.4 Å². The van der Waals surface area contributed by atoms with E-state index in [2.05, 4.69) is 28.3 Å². The molecule has 0 aliphatic rings. The fourth-order valence-electron chi connectivity index (χ4n) is 2.36. The van der Waals surface area contributed by atoms with Crippen molar-refractivity contribution in [1.82, 2.24) is 9.97 Å². The van der Waals surface area contributed by atoms with E-state index in [4.69, 9.17) is 5.73 Å². The van der Waals surface area contributed by atoms with E-state index in [0.717, 1.165) is 29.6 Å². The van der Waals surface area contributed by atoms with Crippen molar-refractivity contribution in [2.45, 2.75) is 19.8 Å². The predicted molar refractivity (Wildman–Crippen MR) is 87.7 cm³/mol. The monoisotopic (exact) mass is 278 g/mol. The Hall–Kier alpha value is -2.62. The Kier molecular flexibility index (Phi) is 3.69. The quantitative estimate of drug-likeness (QED) is 0.759. The van der Waals surface area contributed by atoms with Crippen molar-refractivity contribution in [2.24, 2.45) is 0 Å². The number of aromatic nitrogens is 2. The molecule has 0 saturated heterocycles. The van der Waals surface area contributed by atoms with Crippen LogP contribution in [-0.2, 0) is 6.42 Å². The average Bonchev–Trinajstić information content (AvgIpc) is 2.50. The second-order valence-electron chi connectivity index (χ2n) is 4.98. The number of rotatable bonds is 4. The second-order valence-corrected chi connectivity index (χ2v) is 4.98. The summed E-state index contributed by atoms with van der Waals surface area (Å²) in [5.74, 6) is 1.03. The molecule has 0 aliphatic heterocycles. The van der Waals surface area contributed by atoms with Gasteiger partial charge in [-0.25, -0.2) is 9.97 Å². The van der Waals surface area contributed by atoms with Gasteiger partial charge in [0, 0.05) is 5.69 Å². The first-order valence-electron chi connectivity index (χ1n) is 7.15. The first-order chi connectivity index (χ1) is 10.3. The summed E-state index contributed by atoms with van der Waals surface area (Å²) in [6, 6.07) is 15.9. The van der Waals surface area contributed by atoms with E-state index in [1.165, 1.54) is 5.56 Å². The molecule has 3 rings (SSSR count). The zero-order valence-electron chi connectivity index (χ0n) is 12.0. The largest absolute Gasteiger partial charge is 0.381 e. The number of fused-ring (bicyclic) bond motifs is 1. The van der Waals surface area contributed by atoms with Crippen LogP contribution in [0.25, 0.3) is 11.0 Å². The van der Waals surface area contributed by atoms with Gasteiger partial charge < -0.3 is 11.1 Å². The van der Waals surface area contributed by atoms with E-state index in [1.54, 1.807) is 0 Å². The van der Waals surface area contributed by atoms with E-state index in [9.17, 15) is 0 Å². The van der Waals surface area contributed by atoms with E-state index < -0.39 is 0 Å². The van der Waals surface area contributed by atoms with E-state index >= 15 is 0 Å². The Labute approximate surface area is 124 Å². The summed E-state index contributed by atoms with van der Waals surface area (Å²) in [5, 5.41) is 3.32. The highest BCUT2D eigenvalue weighted by atomic mass is 15.1. The minimum atomic E-state index is 0.417. The second kappa shape index (κ2) is 5.79. The molecule has 0 bridgehead atoms. The van der Waals surface area contributed by atoms with Gasteiger partial charge in [0.05, 0.1) is 11.0 Å². The molecule has 0 saturated carbocycles. The van der Waals surface area contributed by atoms with Gasteiger partial charge in [0.2, 0.25) is 0 Å². The number of aryl methyl sites for hydroxylation is 1. The number of para-hydroxylation sites is 3. The summed E-state index contributed by atoms with van der Waals surface area (Å²) >= 11 is 0. The van der Waals surface area contributed by atoms with Crippen LogP contribution >= 0.6 is 0 Å². The SMILES string of the molecule is CCCc1ccccc1Nc1nc2ccccc2nc1N. The van der Waals surface area contributed by atoms with Crippen molar-refractivity contribution in [3.05, 3.63) is 54.1 Å². The fraction of sp³-hybridized carbons (Fsp3) is 0.176. The first kappa shape index (κ1) is 13.4. The zero-order valence-corrected chi connectivity index (χ0v) is 12.0. The normalized spacial score (nSPS) is 10.7. The van der Waals surface area contributed by atoms with Crippen LogP contribution in [0.2, 0.25) is 0 Å². The molecule has 2 aromatic carbocycles. The Morgan fingerprint density at radius 2 is 1.62 bits per heavy atom. The highest BCUT2D eigenvalue weighted by Gasteiger charge is 2.08. The van der Waals surface area contributed by atoms with Gasteiger partial charge in [0.15, 0.2) is 11.6 Å². The molecule has 3 aromatic rings. The van der Waals surface area contributed by atoms with Crippen LogP contribution in [0.4, 0.5) is 17.3 Å². The topological polar surface area (TPSA) is 63.8 Å². The highest BCUT2D eigenvalue weighted by molar-refractivity contribution is 5.81. The van der Waals surface area contributed by atoms with Gasteiger partial charge in [-0.1, -0.05) is 43.7 Å². The average molecular weight is 278 g/mol. The molecule has 0 unspecified atom stereocenters. The summed E-state index contributed by atoms with van der Waals surface area (Å²) in [6.07, 6.45) is 2.11. The highest BCUT2D eigenvalue weighted by Crippen LogP contribution is 2.25. The van der Waals surface area contributed by atoms with Crippen molar-refractivity contribution < 1.29 is 0 Å². The standard InChI is InChI=1S/C17H18N4/c1-2-7-12-8-3-4-9-13(12)20-17-16(18)19-14-10-5-6-11-15(14)21-17/h3-6,8-11H,2,7H2,1H3,(H2,18,19)(H,20,21). The molecule has 0 aliphatic carbocycles. The molecule has 0 atom stereocenters. The molecule has 21 heavy (non-hydrogen) atoms. The lowest BCUT2D eigenvalue weighted by Crippen LogP contribution is -2.04. The zero-order chi connectivity index (χ0) is 14.7. The molecule has 0 radical (unpaired) electrons. The third kappa shape index (κ3) is 2.79. The molecule has 0 fully saturated rings. The first-order valence-corrected chi connectivity index (χ1v) is 7.15. The lowest BCUT2D eigenvalue weighted by molar-refractivity contribution is 0.923. The number of nitrogens with one attached hydrogen (secondary N) is 1. The summed E-state index contributed by atoms with van der Waals surface area (Å²) in [5.41, 5.74) is 9.96. The van der Waals surface area contributed by atoms with Gasteiger partial charge in [0.25, 0.3) is 0 Å². The van der Waals surface area contributed by atoms with E-state index in [0.29, 0.717) is 11.6 Å². The van der Waals surface area contributed by atoms with Crippen LogP contribution in [0.5, 0.6) is 0 Å². The molecule has 1 aromatic heterocycles. The van der Waals surface area contributed by atoms with Gasteiger partial charge >= 0.3 is 0 Å². The third-order valence-electron chi connectivity index (χ3n) is 3.39. The summed E-state index contributed by atoms with van der Waals surface area (Å²) < 4.78 is 0. The van der Waals surface area contributed by atoms with Crippen LogP contribution in [0.15, 0.2) is 48.5 Å². The molecule has 4 heteroatoms. The molecule has 106 valence electrons. The van der Waals surface area contributed by atoms with Gasteiger partial charge in [-0.3, -0.25) is 0 Å². The molecule has 4 nitrogen and oxygen atoms in total. The smallest absolute Gasteiger partial charge is 0.174 e. The Morgan fingerprint density at radius 1 is 0.952 bits per heavy atom. The van der Waals surface area contributed by atoms with Gasteiger partial charge in [-0.05, 0) is 30.2 Å². The van der Waals surface area contributed by atoms with Gasteiger partial charge in [-0.15, -0.1) is 0 Å². The molecular formula is C17H18N4. The van der Waals surface area contributed by atoms with Crippen LogP contribution in [0.3, 0.4) is 0 Å². The molecule has 3 N–H and O–H groups in total. The number of nitrogens with zero attached hydrogens (tertiary/aromatic N) is 2. The Bertz CT molecular complexity index is 768. The number of nitrogen functional groups attached to an aromatic ring is 1. The van der Waals surface area contributed by atoms with Gasteiger partial charge in [0.1, 0.15) is 0 Å². The van der Waals surface area contributed by atoms with Crippen LogP contribution in [0.1, 0.15) is 18.9 Å². The number of hydrogen-bond acceptors (Lipinski definition) is 4. The Balaban J connectivity index is 2.00. The summed E-state index contributed by atoms with van der Waals surface area (Å²) in [4.78, 5) is 8.97. The summed E-state index contributed by atoms with van der Waals surface area (Å²) in [6.45, 7) is 2.17. The maximum Gasteiger partial charge on any atom is 0.174 e. The molecule has 1 heterocycles. The number of nitrogens with two attached hydrogens (primary N) is 1. The number of benzene rings is 2. The molecule has 0 spiro atoms. The summed E-state index contributed by atoms with van der Waals surface area (Å²) in [7, 11) is 0. The lowest BCUT2D eigenvalue weighted by atomic mass is 10.1. The minimum absolute atomic E-state index is 0.417.